The molecule has 1 aliphatic heterocycles. The van der Waals surface area contributed by atoms with Crippen LogP contribution in [-0.4, -0.2) is 23.8 Å². The minimum Gasteiger partial charge on any atom is -0.277 e. The van der Waals surface area contributed by atoms with E-state index in [0.717, 1.165) is 4.90 Å². The molecule has 2 aromatic rings. The Balaban J connectivity index is 2.22. The molecule has 0 saturated carbocycles. The summed E-state index contributed by atoms with van der Waals surface area (Å²) in [5, 5.41) is 1.14. The number of benzene rings is 2. The van der Waals surface area contributed by atoms with Crippen LogP contribution in [0.4, 0.5) is 0 Å². The van der Waals surface area contributed by atoms with Gasteiger partial charge in [0.1, 0.15) is 0 Å². The van der Waals surface area contributed by atoms with Gasteiger partial charge in [0.25, 0.3) is 11.8 Å². The van der Waals surface area contributed by atoms with Crippen LogP contribution in [0, 0.1) is 0 Å². The quantitative estimate of drug-likeness (QED) is 0.782. The molecular formula is C17H11Cl2NO2. The lowest BCUT2D eigenvalue weighted by Gasteiger charge is -2.06. The average Bonchev–Trinajstić information content (AvgIpc) is 2.74. The van der Waals surface area contributed by atoms with Crippen molar-refractivity contribution in [2.45, 2.75) is 0 Å². The maximum Gasteiger partial charge on any atom is 0.261 e. The maximum absolute atomic E-state index is 12.4. The van der Waals surface area contributed by atoms with Crippen molar-refractivity contribution in [3.63, 3.8) is 0 Å². The number of likely N-dealkylation sites (N-methyl/N-ethyl adjacent to an activating group) is 1. The Bertz CT molecular complexity index is 725. The summed E-state index contributed by atoms with van der Waals surface area (Å²) in [6, 6.07) is 13.7. The standard InChI is InChI=1S/C17H11Cl2NO2/c1-20-16(21)14(10-2-6-12(18)7-3-10)15(17(20)22)11-4-8-13(19)9-5-11/h2-9H,1H3. The van der Waals surface area contributed by atoms with E-state index in [0.29, 0.717) is 32.3 Å². The highest BCUT2D eigenvalue weighted by Gasteiger charge is 2.37. The lowest BCUT2D eigenvalue weighted by atomic mass is 9.96. The summed E-state index contributed by atoms with van der Waals surface area (Å²) in [5.41, 5.74) is 2.09. The molecule has 0 saturated heterocycles. The number of hydrogen-bond donors (Lipinski definition) is 0. The number of carbonyl (C=O) groups is 2. The van der Waals surface area contributed by atoms with E-state index in [4.69, 9.17) is 23.2 Å². The smallest absolute Gasteiger partial charge is 0.261 e. The number of halogens is 2. The highest BCUT2D eigenvalue weighted by molar-refractivity contribution is 6.49. The molecule has 0 aliphatic carbocycles. The van der Waals surface area contributed by atoms with E-state index in [9.17, 15) is 9.59 Å². The third-order valence-electron chi connectivity index (χ3n) is 3.55. The van der Waals surface area contributed by atoms with Gasteiger partial charge in [0, 0.05) is 17.1 Å². The first kappa shape index (κ1) is 14.8. The lowest BCUT2D eigenvalue weighted by Crippen LogP contribution is -2.26. The van der Waals surface area contributed by atoms with Crippen LogP contribution in [0.1, 0.15) is 11.1 Å². The van der Waals surface area contributed by atoms with Crippen LogP contribution in [0.2, 0.25) is 10.0 Å². The van der Waals surface area contributed by atoms with Crippen LogP contribution in [0.3, 0.4) is 0 Å². The van der Waals surface area contributed by atoms with Crippen LogP contribution in [-0.2, 0) is 9.59 Å². The Hall–Kier alpha value is -2.10. The van der Waals surface area contributed by atoms with Crippen molar-refractivity contribution in [2.24, 2.45) is 0 Å². The molecule has 5 heteroatoms. The SMILES string of the molecule is CN1C(=O)C(c2ccc(Cl)cc2)=C(c2ccc(Cl)cc2)C1=O. The summed E-state index contributed by atoms with van der Waals surface area (Å²) in [4.78, 5) is 26.0. The first-order valence-electron chi connectivity index (χ1n) is 6.57. The van der Waals surface area contributed by atoms with Crippen molar-refractivity contribution in [2.75, 3.05) is 7.05 Å². The molecule has 0 bridgehead atoms. The molecule has 0 aromatic heterocycles. The van der Waals surface area contributed by atoms with E-state index in [1.165, 1.54) is 7.05 Å². The van der Waals surface area contributed by atoms with Crippen LogP contribution < -0.4 is 0 Å². The van der Waals surface area contributed by atoms with E-state index in [1.54, 1.807) is 48.5 Å². The van der Waals surface area contributed by atoms with Crippen LogP contribution in [0.5, 0.6) is 0 Å². The molecule has 0 fully saturated rings. The molecule has 22 heavy (non-hydrogen) atoms. The Morgan fingerprint density at radius 1 is 0.682 bits per heavy atom. The number of rotatable bonds is 2. The van der Waals surface area contributed by atoms with Gasteiger partial charge in [-0.2, -0.15) is 0 Å². The van der Waals surface area contributed by atoms with Crippen molar-refractivity contribution >= 4 is 46.2 Å². The minimum atomic E-state index is -0.322. The van der Waals surface area contributed by atoms with Crippen molar-refractivity contribution in [3.05, 3.63) is 69.7 Å². The molecular weight excluding hydrogens is 321 g/mol. The fourth-order valence-corrected chi connectivity index (χ4v) is 2.66. The van der Waals surface area contributed by atoms with Gasteiger partial charge < -0.3 is 0 Å². The first-order valence-corrected chi connectivity index (χ1v) is 7.33. The third kappa shape index (κ3) is 2.43. The third-order valence-corrected chi connectivity index (χ3v) is 4.06. The fraction of sp³-hybridized carbons (Fsp3) is 0.0588. The molecule has 2 amide bonds. The molecule has 3 nitrogen and oxygen atoms in total. The van der Waals surface area contributed by atoms with Crippen molar-refractivity contribution in [3.8, 4) is 0 Å². The minimum absolute atomic E-state index is 0.322. The topological polar surface area (TPSA) is 37.4 Å². The van der Waals surface area contributed by atoms with Gasteiger partial charge in [-0.25, -0.2) is 0 Å². The van der Waals surface area contributed by atoms with Crippen LogP contribution in [0.15, 0.2) is 48.5 Å². The summed E-state index contributed by atoms with van der Waals surface area (Å²) < 4.78 is 0. The number of amides is 2. The predicted octanol–water partition coefficient (Wildman–Crippen LogP) is 3.90. The second-order valence-corrected chi connectivity index (χ2v) is 5.81. The largest absolute Gasteiger partial charge is 0.277 e. The maximum atomic E-state index is 12.4. The average molecular weight is 332 g/mol. The Morgan fingerprint density at radius 2 is 1.00 bits per heavy atom. The van der Waals surface area contributed by atoms with Gasteiger partial charge in [-0.05, 0) is 35.4 Å². The summed E-state index contributed by atoms with van der Waals surface area (Å²) in [5.74, 6) is -0.644. The zero-order chi connectivity index (χ0) is 15.9. The zero-order valence-corrected chi connectivity index (χ0v) is 13.2. The van der Waals surface area contributed by atoms with Crippen molar-refractivity contribution in [1.82, 2.24) is 4.90 Å². The zero-order valence-electron chi connectivity index (χ0n) is 11.6. The molecule has 0 radical (unpaired) electrons. The van der Waals surface area contributed by atoms with Crippen molar-refractivity contribution in [1.29, 1.82) is 0 Å². The highest BCUT2D eigenvalue weighted by Crippen LogP contribution is 2.35. The lowest BCUT2D eigenvalue weighted by molar-refractivity contribution is -0.134. The normalized spacial score (nSPS) is 15.0. The van der Waals surface area contributed by atoms with E-state index in [2.05, 4.69) is 0 Å². The van der Waals surface area contributed by atoms with E-state index < -0.39 is 0 Å². The fourth-order valence-electron chi connectivity index (χ4n) is 2.41. The van der Waals surface area contributed by atoms with Crippen LogP contribution in [0.25, 0.3) is 11.1 Å². The summed E-state index contributed by atoms with van der Waals surface area (Å²) in [7, 11) is 1.48. The van der Waals surface area contributed by atoms with E-state index >= 15 is 0 Å². The molecule has 2 aromatic carbocycles. The van der Waals surface area contributed by atoms with Gasteiger partial charge in [0.05, 0.1) is 11.1 Å². The van der Waals surface area contributed by atoms with Gasteiger partial charge >= 0.3 is 0 Å². The second-order valence-electron chi connectivity index (χ2n) is 4.93. The molecule has 0 N–H and O–H groups in total. The molecule has 0 spiro atoms. The molecule has 1 aliphatic rings. The van der Waals surface area contributed by atoms with Crippen LogP contribution >= 0.6 is 23.2 Å². The summed E-state index contributed by atoms with van der Waals surface area (Å²) >= 11 is 11.8. The van der Waals surface area contributed by atoms with Crippen molar-refractivity contribution < 1.29 is 9.59 Å². The number of carbonyl (C=O) groups excluding carboxylic acids is 2. The number of hydrogen-bond acceptors (Lipinski definition) is 2. The number of imide groups is 1. The summed E-state index contributed by atoms with van der Waals surface area (Å²) in [6.45, 7) is 0. The first-order chi connectivity index (χ1) is 10.5. The number of nitrogens with zero attached hydrogens (tertiary/aromatic N) is 1. The Morgan fingerprint density at radius 3 is 1.32 bits per heavy atom. The van der Waals surface area contributed by atoms with Gasteiger partial charge in [0.15, 0.2) is 0 Å². The Labute approximate surface area is 137 Å². The molecule has 0 unspecified atom stereocenters. The predicted molar refractivity (Wildman–Crippen MR) is 87.5 cm³/mol. The molecule has 1 heterocycles. The van der Waals surface area contributed by atoms with E-state index in [1.807, 2.05) is 0 Å². The molecule has 0 atom stereocenters. The van der Waals surface area contributed by atoms with Gasteiger partial charge in [-0.3, -0.25) is 14.5 Å². The van der Waals surface area contributed by atoms with Gasteiger partial charge in [-0.1, -0.05) is 47.5 Å². The van der Waals surface area contributed by atoms with Gasteiger partial charge in [0.2, 0.25) is 0 Å². The molecule has 3 rings (SSSR count). The second kappa shape index (κ2) is 5.59. The Kier molecular flexibility index (Phi) is 3.77. The van der Waals surface area contributed by atoms with Gasteiger partial charge in [-0.15, -0.1) is 0 Å². The summed E-state index contributed by atoms with van der Waals surface area (Å²) in [6.07, 6.45) is 0. The molecule has 110 valence electrons. The van der Waals surface area contributed by atoms with E-state index in [-0.39, 0.29) is 11.8 Å². The monoisotopic (exact) mass is 331 g/mol. The highest BCUT2D eigenvalue weighted by atomic mass is 35.5.